The fourth-order valence-electron chi connectivity index (χ4n) is 1.13. The Morgan fingerprint density at radius 2 is 1.52 bits per heavy atom. The molecule has 0 saturated carbocycles. The molecule has 0 aliphatic heterocycles. The zero-order valence-corrected chi connectivity index (χ0v) is 15.3. The summed E-state index contributed by atoms with van der Waals surface area (Å²) in [6.45, 7) is 11.4. The van der Waals surface area contributed by atoms with Crippen LogP contribution < -0.4 is 0 Å². The average molecular weight is 335 g/mol. The SMILES string of the molecule is CCO[P+](=O)OCC.C[Si](C)(C)OCc1ccc(F)cc1. The lowest BCUT2D eigenvalue weighted by atomic mass is 10.2. The lowest BCUT2D eigenvalue weighted by molar-refractivity contribution is 0.243. The first-order chi connectivity index (χ1) is 9.78. The third-order valence-electron chi connectivity index (χ3n) is 2.05. The largest absolute Gasteiger partial charge is 0.697 e. The number of benzene rings is 1. The molecule has 0 bridgehead atoms. The topological polar surface area (TPSA) is 44.8 Å². The molecule has 0 radical (unpaired) electrons. The second-order valence-electron chi connectivity index (χ2n) is 5.09. The van der Waals surface area contributed by atoms with Crippen molar-refractivity contribution in [1.29, 1.82) is 0 Å². The van der Waals surface area contributed by atoms with E-state index in [1.54, 1.807) is 26.0 Å². The molecule has 4 nitrogen and oxygen atoms in total. The van der Waals surface area contributed by atoms with Crippen molar-refractivity contribution in [2.24, 2.45) is 0 Å². The summed E-state index contributed by atoms with van der Waals surface area (Å²) in [6, 6.07) is 6.44. The van der Waals surface area contributed by atoms with Crippen molar-refractivity contribution in [3.05, 3.63) is 35.6 Å². The van der Waals surface area contributed by atoms with E-state index in [0.29, 0.717) is 19.8 Å². The van der Waals surface area contributed by atoms with Crippen LogP contribution in [0.2, 0.25) is 19.6 Å². The van der Waals surface area contributed by atoms with Gasteiger partial charge in [0.05, 0.1) is 6.61 Å². The van der Waals surface area contributed by atoms with Crippen molar-refractivity contribution in [3.63, 3.8) is 0 Å². The predicted molar refractivity (Wildman–Crippen MR) is 85.4 cm³/mol. The highest BCUT2D eigenvalue weighted by Gasteiger charge is 2.16. The van der Waals surface area contributed by atoms with E-state index in [2.05, 4.69) is 28.7 Å². The van der Waals surface area contributed by atoms with E-state index in [0.717, 1.165) is 5.56 Å². The molecule has 0 saturated heterocycles. The lowest BCUT2D eigenvalue weighted by Crippen LogP contribution is -2.24. The second-order valence-corrected chi connectivity index (χ2v) is 10.6. The minimum absolute atomic E-state index is 0.197. The van der Waals surface area contributed by atoms with Gasteiger partial charge in [0.25, 0.3) is 0 Å². The monoisotopic (exact) mass is 335 g/mol. The third kappa shape index (κ3) is 12.8. The van der Waals surface area contributed by atoms with Crippen molar-refractivity contribution >= 4 is 16.6 Å². The van der Waals surface area contributed by atoms with Crippen LogP contribution in [0.15, 0.2) is 24.3 Å². The molecule has 0 atom stereocenters. The summed E-state index contributed by atoms with van der Waals surface area (Å²) in [6.07, 6.45) is 0. The molecule has 0 spiro atoms. The molecule has 0 fully saturated rings. The van der Waals surface area contributed by atoms with Crippen LogP contribution in [0.25, 0.3) is 0 Å². The quantitative estimate of drug-likeness (QED) is 0.525. The molecule has 1 aromatic rings. The average Bonchev–Trinajstić information content (AvgIpc) is 2.38. The van der Waals surface area contributed by atoms with Crippen LogP contribution in [0, 0.1) is 5.82 Å². The summed E-state index contributed by atoms with van der Waals surface area (Å²) in [5, 5.41) is 0. The standard InChI is InChI=1S/C10H15FOSi.C4H10O3P/c1-13(2,3)12-8-9-4-6-10(11)7-5-9;1-3-6-8(5)7-4-2/h4-7H,8H2,1-3H3;3-4H2,1-2H3/q;+1. The zero-order valence-electron chi connectivity index (χ0n) is 13.4. The highest BCUT2D eigenvalue weighted by atomic mass is 31.1. The van der Waals surface area contributed by atoms with Gasteiger partial charge in [-0.2, -0.15) is 0 Å². The summed E-state index contributed by atoms with van der Waals surface area (Å²) in [7, 11) is -3.28. The van der Waals surface area contributed by atoms with Gasteiger partial charge in [0.1, 0.15) is 19.0 Å². The van der Waals surface area contributed by atoms with Gasteiger partial charge in [0.15, 0.2) is 8.32 Å². The molecule has 21 heavy (non-hydrogen) atoms. The van der Waals surface area contributed by atoms with Gasteiger partial charge < -0.3 is 4.43 Å². The van der Waals surface area contributed by atoms with Crippen LogP contribution in [0.3, 0.4) is 0 Å². The molecule has 1 rings (SSSR count). The maximum atomic E-state index is 12.5. The van der Waals surface area contributed by atoms with Crippen LogP contribution in [-0.4, -0.2) is 21.5 Å². The van der Waals surface area contributed by atoms with E-state index < -0.39 is 16.6 Å². The van der Waals surface area contributed by atoms with Crippen molar-refractivity contribution in [2.45, 2.75) is 40.1 Å². The second kappa shape index (κ2) is 11.0. The zero-order chi connectivity index (χ0) is 16.3. The van der Waals surface area contributed by atoms with Crippen LogP contribution in [0.4, 0.5) is 4.39 Å². The fraction of sp³-hybridized carbons (Fsp3) is 0.571. The first-order valence-corrected chi connectivity index (χ1v) is 11.4. The fourth-order valence-corrected chi connectivity index (χ4v) is 2.22. The third-order valence-corrected chi connectivity index (χ3v) is 4.00. The van der Waals surface area contributed by atoms with Gasteiger partial charge in [-0.25, -0.2) is 4.39 Å². The van der Waals surface area contributed by atoms with Crippen molar-refractivity contribution in [1.82, 2.24) is 0 Å². The van der Waals surface area contributed by atoms with Crippen molar-refractivity contribution in [2.75, 3.05) is 13.2 Å². The number of hydrogen-bond acceptors (Lipinski definition) is 4. The van der Waals surface area contributed by atoms with Gasteiger partial charge in [-0.05, 0) is 51.2 Å². The first-order valence-electron chi connectivity index (χ1n) is 6.90. The van der Waals surface area contributed by atoms with Crippen molar-refractivity contribution < 1.29 is 22.4 Å². The number of hydrogen-bond donors (Lipinski definition) is 0. The molecule has 0 aromatic heterocycles. The molecular formula is C14H25FO4PSi+. The lowest BCUT2D eigenvalue weighted by Gasteiger charge is -2.16. The maximum absolute atomic E-state index is 12.5. The Morgan fingerprint density at radius 1 is 1.05 bits per heavy atom. The minimum Gasteiger partial charge on any atom is -0.413 e. The van der Waals surface area contributed by atoms with E-state index in [1.165, 1.54) is 12.1 Å². The van der Waals surface area contributed by atoms with Crippen LogP contribution in [-0.2, 0) is 24.6 Å². The molecule has 120 valence electrons. The Bertz CT molecular complexity index is 398. The molecule has 1 aromatic carbocycles. The Labute approximate surface area is 128 Å². The summed E-state index contributed by atoms with van der Waals surface area (Å²) in [5.74, 6) is -0.197. The Balaban J connectivity index is 0.000000433. The van der Waals surface area contributed by atoms with E-state index in [9.17, 15) is 8.96 Å². The van der Waals surface area contributed by atoms with E-state index in [1.807, 2.05) is 0 Å². The van der Waals surface area contributed by atoms with E-state index >= 15 is 0 Å². The van der Waals surface area contributed by atoms with Crippen LogP contribution >= 0.6 is 8.25 Å². The highest BCUT2D eigenvalue weighted by Crippen LogP contribution is 2.21. The normalized spacial score (nSPS) is 10.8. The number of rotatable bonds is 7. The Kier molecular flexibility index (Phi) is 10.6. The number of halogens is 1. The van der Waals surface area contributed by atoms with Gasteiger partial charge in [-0.3, -0.25) is 0 Å². The maximum Gasteiger partial charge on any atom is 0.697 e. The van der Waals surface area contributed by atoms with E-state index in [4.69, 9.17) is 4.43 Å². The molecule has 0 aliphatic rings. The molecule has 0 heterocycles. The van der Waals surface area contributed by atoms with Gasteiger partial charge in [-0.1, -0.05) is 12.1 Å². The minimum atomic E-state index is -1.83. The van der Waals surface area contributed by atoms with Gasteiger partial charge in [0.2, 0.25) is 0 Å². The summed E-state index contributed by atoms with van der Waals surface area (Å²) in [4.78, 5) is 0. The van der Waals surface area contributed by atoms with Crippen LogP contribution in [0.5, 0.6) is 0 Å². The molecule has 0 unspecified atom stereocenters. The molecule has 0 N–H and O–H groups in total. The Morgan fingerprint density at radius 3 is 1.90 bits per heavy atom. The Hall–Kier alpha value is -0.653. The summed E-state index contributed by atoms with van der Waals surface area (Å²) < 4.78 is 37.7. The van der Waals surface area contributed by atoms with Crippen molar-refractivity contribution in [3.8, 4) is 0 Å². The van der Waals surface area contributed by atoms with Gasteiger partial charge in [-0.15, -0.1) is 9.05 Å². The predicted octanol–water partition coefficient (Wildman–Crippen LogP) is 4.89. The molecule has 0 amide bonds. The highest BCUT2D eigenvalue weighted by molar-refractivity contribution is 7.33. The van der Waals surface area contributed by atoms with Crippen LogP contribution in [0.1, 0.15) is 19.4 Å². The van der Waals surface area contributed by atoms with E-state index in [-0.39, 0.29) is 5.82 Å². The molecular weight excluding hydrogens is 310 g/mol. The smallest absolute Gasteiger partial charge is 0.413 e. The summed E-state index contributed by atoms with van der Waals surface area (Å²) in [5.41, 5.74) is 1.03. The van der Waals surface area contributed by atoms with Gasteiger partial charge in [0, 0.05) is 4.57 Å². The van der Waals surface area contributed by atoms with Gasteiger partial charge >= 0.3 is 8.25 Å². The molecule has 0 aliphatic carbocycles. The molecule has 7 heteroatoms. The summed E-state index contributed by atoms with van der Waals surface area (Å²) >= 11 is 0. The first kappa shape index (κ1) is 20.3.